The Labute approximate surface area is 137 Å². The number of carbonyl (C=O) groups excluding carboxylic acids is 1. The number of sulfonamides is 1. The standard InChI is InChI=1S/C15H24N2O3S2/c1-4-16(5-2)15(18)13-8-10-17(11-9-13)22(19,20)14-7-6-12(3)21-14/h6-7,13H,4-5,8-11H2,1-3H3. The van der Waals surface area contributed by atoms with Crippen LogP contribution in [0.3, 0.4) is 0 Å². The summed E-state index contributed by atoms with van der Waals surface area (Å²) >= 11 is 1.30. The average molecular weight is 345 g/mol. The van der Waals surface area contributed by atoms with Crippen LogP contribution in [0.5, 0.6) is 0 Å². The van der Waals surface area contributed by atoms with Gasteiger partial charge in [-0.25, -0.2) is 8.42 Å². The van der Waals surface area contributed by atoms with Crippen LogP contribution in [-0.2, 0) is 14.8 Å². The molecule has 22 heavy (non-hydrogen) atoms. The van der Waals surface area contributed by atoms with Crippen molar-refractivity contribution in [1.29, 1.82) is 0 Å². The lowest BCUT2D eigenvalue weighted by Gasteiger charge is -2.32. The van der Waals surface area contributed by atoms with Crippen molar-refractivity contribution in [1.82, 2.24) is 9.21 Å². The summed E-state index contributed by atoms with van der Waals surface area (Å²) in [6.07, 6.45) is 1.22. The van der Waals surface area contributed by atoms with Crippen molar-refractivity contribution < 1.29 is 13.2 Å². The molecule has 0 saturated carbocycles. The summed E-state index contributed by atoms with van der Waals surface area (Å²) in [5.41, 5.74) is 0. The van der Waals surface area contributed by atoms with Crippen molar-refractivity contribution in [3.05, 3.63) is 17.0 Å². The van der Waals surface area contributed by atoms with Gasteiger partial charge in [0.25, 0.3) is 10.0 Å². The Balaban J connectivity index is 2.01. The molecule has 1 aliphatic rings. The normalized spacial score (nSPS) is 17.6. The molecule has 1 fully saturated rings. The molecule has 0 unspecified atom stereocenters. The number of nitrogens with zero attached hydrogens (tertiary/aromatic N) is 2. The van der Waals surface area contributed by atoms with Gasteiger partial charge in [0.15, 0.2) is 0 Å². The van der Waals surface area contributed by atoms with Crippen LogP contribution in [0.25, 0.3) is 0 Å². The summed E-state index contributed by atoms with van der Waals surface area (Å²) in [4.78, 5) is 15.2. The van der Waals surface area contributed by atoms with Crippen LogP contribution in [0, 0.1) is 12.8 Å². The molecule has 7 heteroatoms. The van der Waals surface area contributed by atoms with E-state index in [1.165, 1.54) is 15.6 Å². The van der Waals surface area contributed by atoms with E-state index in [1.54, 1.807) is 6.07 Å². The maximum Gasteiger partial charge on any atom is 0.252 e. The number of carbonyl (C=O) groups is 1. The Morgan fingerprint density at radius 3 is 2.32 bits per heavy atom. The third-order valence-electron chi connectivity index (χ3n) is 4.19. The first-order valence-corrected chi connectivity index (χ1v) is 10.0. The third-order valence-corrected chi connectivity index (χ3v) is 7.55. The van der Waals surface area contributed by atoms with Gasteiger partial charge in [-0.05, 0) is 45.7 Å². The Hall–Kier alpha value is -0.920. The lowest BCUT2D eigenvalue weighted by Crippen LogP contribution is -2.44. The first-order chi connectivity index (χ1) is 10.4. The van der Waals surface area contributed by atoms with Gasteiger partial charge in [0.1, 0.15) is 4.21 Å². The number of thiophene rings is 1. The molecule has 0 spiro atoms. The van der Waals surface area contributed by atoms with Crippen molar-refractivity contribution in [3.63, 3.8) is 0 Å². The first kappa shape index (κ1) is 17.4. The monoisotopic (exact) mass is 344 g/mol. The molecule has 1 amide bonds. The van der Waals surface area contributed by atoms with Crippen LogP contribution in [0.4, 0.5) is 0 Å². The fourth-order valence-corrected chi connectivity index (χ4v) is 5.72. The summed E-state index contributed by atoms with van der Waals surface area (Å²) in [6.45, 7) is 8.12. The molecule has 0 bridgehead atoms. The Bertz CT molecular complexity index is 612. The summed E-state index contributed by atoms with van der Waals surface area (Å²) in [5.74, 6) is 0.116. The van der Waals surface area contributed by atoms with Crippen molar-refractivity contribution in [2.45, 2.75) is 37.8 Å². The molecule has 0 aliphatic carbocycles. The number of aryl methyl sites for hydroxylation is 1. The minimum absolute atomic E-state index is 0.0450. The van der Waals surface area contributed by atoms with Crippen LogP contribution in [-0.4, -0.2) is 49.7 Å². The highest BCUT2D eigenvalue weighted by Gasteiger charge is 2.33. The van der Waals surface area contributed by atoms with Gasteiger partial charge >= 0.3 is 0 Å². The highest BCUT2D eigenvalue weighted by atomic mass is 32.2. The van der Waals surface area contributed by atoms with Crippen molar-refractivity contribution in [2.75, 3.05) is 26.2 Å². The summed E-state index contributed by atoms with van der Waals surface area (Å²) < 4.78 is 27.0. The molecule has 0 aromatic carbocycles. The average Bonchev–Trinajstić information content (AvgIpc) is 2.96. The van der Waals surface area contributed by atoms with E-state index >= 15 is 0 Å². The number of rotatable bonds is 5. The zero-order chi connectivity index (χ0) is 16.3. The maximum absolute atomic E-state index is 12.6. The van der Waals surface area contributed by atoms with Gasteiger partial charge < -0.3 is 4.90 Å². The molecule has 0 N–H and O–H groups in total. The van der Waals surface area contributed by atoms with E-state index in [0.717, 1.165) is 4.88 Å². The quantitative estimate of drug-likeness (QED) is 0.824. The number of hydrogen-bond acceptors (Lipinski definition) is 4. The molecule has 1 aromatic heterocycles. The van der Waals surface area contributed by atoms with Crippen LogP contribution < -0.4 is 0 Å². The molecular formula is C15H24N2O3S2. The molecule has 0 radical (unpaired) electrons. The van der Waals surface area contributed by atoms with Gasteiger partial charge in [-0.3, -0.25) is 4.79 Å². The van der Waals surface area contributed by atoms with E-state index in [9.17, 15) is 13.2 Å². The van der Waals surface area contributed by atoms with Crippen LogP contribution in [0.2, 0.25) is 0 Å². The van der Waals surface area contributed by atoms with Gasteiger partial charge in [0.05, 0.1) is 0 Å². The van der Waals surface area contributed by atoms with Crippen LogP contribution >= 0.6 is 11.3 Å². The first-order valence-electron chi connectivity index (χ1n) is 7.75. The topological polar surface area (TPSA) is 57.7 Å². The zero-order valence-corrected chi connectivity index (χ0v) is 15.0. The molecule has 1 aliphatic heterocycles. The minimum atomic E-state index is -3.39. The fourth-order valence-electron chi connectivity index (χ4n) is 2.81. The molecule has 1 saturated heterocycles. The second kappa shape index (κ2) is 7.10. The number of amides is 1. The molecule has 1 aromatic rings. The van der Waals surface area contributed by atoms with Gasteiger partial charge in [0.2, 0.25) is 5.91 Å². The highest BCUT2D eigenvalue weighted by molar-refractivity contribution is 7.91. The van der Waals surface area contributed by atoms with Crippen molar-refractivity contribution in [3.8, 4) is 0 Å². The SMILES string of the molecule is CCN(CC)C(=O)C1CCN(S(=O)(=O)c2ccc(C)s2)CC1. The summed E-state index contributed by atoms with van der Waals surface area (Å²) in [7, 11) is -3.39. The van der Waals surface area contributed by atoms with E-state index < -0.39 is 10.0 Å². The minimum Gasteiger partial charge on any atom is -0.343 e. The van der Waals surface area contributed by atoms with E-state index in [0.29, 0.717) is 43.2 Å². The predicted molar refractivity (Wildman–Crippen MR) is 88.5 cm³/mol. The fraction of sp³-hybridized carbons (Fsp3) is 0.667. The Morgan fingerprint density at radius 1 is 1.27 bits per heavy atom. The largest absolute Gasteiger partial charge is 0.343 e. The smallest absolute Gasteiger partial charge is 0.252 e. The molecule has 5 nitrogen and oxygen atoms in total. The number of hydrogen-bond donors (Lipinski definition) is 0. The lowest BCUT2D eigenvalue weighted by atomic mass is 9.96. The van der Waals surface area contributed by atoms with Crippen molar-refractivity contribution >= 4 is 27.3 Å². The van der Waals surface area contributed by atoms with E-state index in [1.807, 2.05) is 31.7 Å². The van der Waals surface area contributed by atoms with Crippen LogP contribution in [0.1, 0.15) is 31.6 Å². The Kier molecular flexibility index (Phi) is 5.63. The highest BCUT2D eigenvalue weighted by Crippen LogP contribution is 2.28. The van der Waals surface area contributed by atoms with E-state index in [-0.39, 0.29) is 11.8 Å². The third kappa shape index (κ3) is 3.52. The summed E-state index contributed by atoms with van der Waals surface area (Å²) in [6, 6.07) is 3.50. The lowest BCUT2D eigenvalue weighted by molar-refractivity contribution is -0.136. The second-order valence-corrected chi connectivity index (χ2v) is 9.01. The second-order valence-electron chi connectivity index (χ2n) is 5.55. The van der Waals surface area contributed by atoms with Gasteiger partial charge in [-0.2, -0.15) is 4.31 Å². The maximum atomic E-state index is 12.6. The molecule has 2 heterocycles. The van der Waals surface area contributed by atoms with Crippen LogP contribution in [0.15, 0.2) is 16.3 Å². The van der Waals surface area contributed by atoms with E-state index in [4.69, 9.17) is 0 Å². The van der Waals surface area contributed by atoms with E-state index in [2.05, 4.69) is 0 Å². The molecular weight excluding hydrogens is 320 g/mol. The van der Waals surface area contributed by atoms with Gasteiger partial charge in [0, 0.05) is 37.0 Å². The summed E-state index contributed by atoms with van der Waals surface area (Å²) in [5, 5.41) is 0. The molecule has 124 valence electrons. The molecule has 0 atom stereocenters. The Morgan fingerprint density at radius 2 is 1.86 bits per heavy atom. The zero-order valence-electron chi connectivity index (χ0n) is 13.4. The van der Waals surface area contributed by atoms with Crippen molar-refractivity contribution in [2.24, 2.45) is 5.92 Å². The van der Waals surface area contributed by atoms with Gasteiger partial charge in [-0.1, -0.05) is 0 Å². The predicted octanol–water partition coefficient (Wildman–Crippen LogP) is 2.33. The number of piperidine rings is 1. The molecule has 2 rings (SSSR count). The van der Waals surface area contributed by atoms with Gasteiger partial charge in [-0.15, -0.1) is 11.3 Å².